The highest BCUT2D eigenvalue weighted by Gasteiger charge is 2.15. The third kappa shape index (κ3) is 2.52. The van der Waals surface area contributed by atoms with Crippen molar-refractivity contribution in [2.45, 2.75) is 0 Å². The van der Waals surface area contributed by atoms with Crippen LogP contribution in [0.1, 0.15) is 0 Å². The minimum absolute atomic E-state index is 0.127. The molecule has 4 nitrogen and oxygen atoms in total. The van der Waals surface area contributed by atoms with Gasteiger partial charge in [0.2, 0.25) is 0 Å². The Balaban J connectivity index is 2.04. The molecule has 0 aliphatic heterocycles. The number of rotatable bonds is 3. The maximum absolute atomic E-state index is 13.9. The molecule has 1 aromatic heterocycles. The fourth-order valence-electron chi connectivity index (χ4n) is 1.97. The van der Waals surface area contributed by atoms with E-state index in [9.17, 15) is 13.2 Å². The van der Waals surface area contributed by atoms with Gasteiger partial charge in [0, 0.05) is 17.7 Å². The molecule has 0 amide bonds. The van der Waals surface area contributed by atoms with Crippen molar-refractivity contribution in [2.75, 3.05) is 7.11 Å². The molecule has 0 saturated carbocycles. The largest absolute Gasteiger partial charge is 0.497 e. The van der Waals surface area contributed by atoms with E-state index in [2.05, 4.69) is 10.3 Å². The zero-order chi connectivity index (χ0) is 15.7. The van der Waals surface area contributed by atoms with E-state index in [-0.39, 0.29) is 17.3 Å². The fourth-order valence-corrected chi connectivity index (χ4v) is 1.97. The average molecular weight is 305 g/mol. The number of halogens is 3. The number of hydrogen-bond donors (Lipinski definition) is 0. The van der Waals surface area contributed by atoms with Gasteiger partial charge < -0.3 is 4.74 Å². The summed E-state index contributed by atoms with van der Waals surface area (Å²) in [6, 6.07) is 7.84. The van der Waals surface area contributed by atoms with E-state index in [0.29, 0.717) is 11.3 Å². The maximum atomic E-state index is 13.9. The molecule has 112 valence electrons. The molecular weight excluding hydrogens is 295 g/mol. The molecule has 0 bridgehead atoms. The molecule has 1 heterocycles. The molecule has 0 spiro atoms. The third-order valence-corrected chi connectivity index (χ3v) is 3.10. The first-order valence-electron chi connectivity index (χ1n) is 6.30. The number of hydrogen-bond acceptors (Lipinski definition) is 3. The molecule has 0 saturated heterocycles. The van der Waals surface area contributed by atoms with Gasteiger partial charge in [-0.05, 0) is 24.3 Å². The van der Waals surface area contributed by atoms with E-state index in [1.807, 2.05) is 0 Å². The van der Waals surface area contributed by atoms with Crippen LogP contribution in [0.5, 0.6) is 5.75 Å². The number of benzene rings is 2. The molecular formula is C15H10F3N3O. The highest BCUT2D eigenvalue weighted by molar-refractivity contribution is 5.58. The van der Waals surface area contributed by atoms with E-state index in [1.165, 1.54) is 43.6 Å². The van der Waals surface area contributed by atoms with Gasteiger partial charge in [0.1, 0.15) is 22.9 Å². The molecule has 0 fully saturated rings. The van der Waals surface area contributed by atoms with Gasteiger partial charge in [-0.3, -0.25) is 0 Å². The van der Waals surface area contributed by atoms with Gasteiger partial charge in [-0.2, -0.15) is 0 Å². The van der Waals surface area contributed by atoms with Crippen LogP contribution in [0.15, 0.2) is 42.6 Å². The van der Waals surface area contributed by atoms with E-state index in [4.69, 9.17) is 4.74 Å². The van der Waals surface area contributed by atoms with Gasteiger partial charge in [-0.1, -0.05) is 5.21 Å². The Hall–Kier alpha value is -2.83. The molecule has 2 aromatic carbocycles. The van der Waals surface area contributed by atoms with Crippen molar-refractivity contribution in [1.29, 1.82) is 0 Å². The van der Waals surface area contributed by atoms with Crippen molar-refractivity contribution in [3.8, 4) is 22.7 Å². The van der Waals surface area contributed by atoms with Crippen LogP contribution in [0.4, 0.5) is 13.2 Å². The summed E-state index contributed by atoms with van der Waals surface area (Å²) >= 11 is 0. The second-order valence-electron chi connectivity index (χ2n) is 4.50. The second-order valence-corrected chi connectivity index (χ2v) is 4.50. The highest BCUT2D eigenvalue weighted by atomic mass is 19.2. The van der Waals surface area contributed by atoms with Crippen LogP contribution in [-0.4, -0.2) is 22.1 Å². The molecule has 0 aliphatic carbocycles. The SMILES string of the molecule is COc1cc(F)c(F)c(-n2cc(-c3ccc(F)cc3)nn2)c1. The summed E-state index contributed by atoms with van der Waals surface area (Å²) in [5.74, 6) is -2.32. The fraction of sp³-hybridized carbons (Fsp3) is 0.0667. The van der Waals surface area contributed by atoms with Crippen molar-refractivity contribution in [3.05, 3.63) is 60.0 Å². The first-order chi connectivity index (χ1) is 10.6. The van der Waals surface area contributed by atoms with Crippen molar-refractivity contribution in [1.82, 2.24) is 15.0 Å². The molecule has 7 heteroatoms. The average Bonchev–Trinajstić information content (AvgIpc) is 3.00. The van der Waals surface area contributed by atoms with Gasteiger partial charge >= 0.3 is 0 Å². The van der Waals surface area contributed by atoms with Crippen LogP contribution >= 0.6 is 0 Å². The summed E-state index contributed by atoms with van der Waals surface area (Å²) in [4.78, 5) is 0. The van der Waals surface area contributed by atoms with E-state index in [1.54, 1.807) is 0 Å². The predicted octanol–water partition coefficient (Wildman–Crippen LogP) is 3.36. The molecule has 0 atom stereocenters. The van der Waals surface area contributed by atoms with Crippen LogP contribution < -0.4 is 4.74 Å². The molecule has 3 aromatic rings. The van der Waals surface area contributed by atoms with Gasteiger partial charge in [0.15, 0.2) is 11.6 Å². The lowest BCUT2D eigenvalue weighted by atomic mass is 10.2. The minimum atomic E-state index is -1.06. The normalized spacial score (nSPS) is 10.7. The Labute approximate surface area is 123 Å². The quantitative estimate of drug-likeness (QED) is 0.745. The lowest BCUT2D eigenvalue weighted by Crippen LogP contribution is -2.02. The molecule has 0 radical (unpaired) electrons. The molecule has 22 heavy (non-hydrogen) atoms. The number of nitrogens with zero attached hydrogens (tertiary/aromatic N) is 3. The molecule has 0 aliphatic rings. The Morgan fingerprint density at radius 2 is 1.77 bits per heavy atom. The first-order valence-corrected chi connectivity index (χ1v) is 6.30. The molecule has 0 N–H and O–H groups in total. The summed E-state index contributed by atoms with van der Waals surface area (Å²) in [6.07, 6.45) is 1.42. The molecule has 0 unspecified atom stereocenters. The van der Waals surface area contributed by atoms with Gasteiger partial charge in [-0.25, -0.2) is 17.9 Å². The van der Waals surface area contributed by atoms with Gasteiger partial charge in [-0.15, -0.1) is 5.10 Å². The zero-order valence-corrected chi connectivity index (χ0v) is 11.4. The van der Waals surface area contributed by atoms with Crippen molar-refractivity contribution < 1.29 is 17.9 Å². The van der Waals surface area contributed by atoms with Crippen LogP contribution in [0.2, 0.25) is 0 Å². The lowest BCUT2D eigenvalue weighted by molar-refractivity contribution is 0.405. The monoisotopic (exact) mass is 305 g/mol. The minimum Gasteiger partial charge on any atom is -0.497 e. The summed E-state index contributed by atoms with van der Waals surface area (Å²) in [6.45, 7) is 0. The standard InChI is InChI=1S/C15H10F3N3O/c1-22-11-6-12(17)15(18)14(7-11)21-8-13(19-20-21)9-2-4-10(16)5-3-9/h2-8H,1H3. The summed E-state index contributed by atoms with van der Waals surface area (Å²) in [5.41, 5.74) is 0.886. The lowest BCUT2D eigenvalue weighted by Gasteiger charge is -2.06. The first kappa shape index (κ1) is 14.1. The third-order valence-electron chi connectivity index (χ3n) is 3.10. The molecule has 3 rings (SSSR count). The van der Waals surface area contributed by atoms with Crippen LogP contribution in [-0.2, 0) is 0 Å². The van der Waals surface area contributed by atoms with Gasteiger partial charge in [0.25, 0.3) is 0 Å². The smallest absolute Gasteiger partial charge is 0.184 e. The number of methoxy groups -OCH3 is 1. The Kier molecular flexibility index (Phi) is 3.54. The second kappa shape index (κ2) is 5.51. The summed E-state index contributed by atoms with van der Waals surface area (Å²) in [7, 11) is 1.35. The topological polar surface area (TPSA) is 39.9 Å². The maximum Gasteiger partial charge on any atom is 0.184 e. The summed E-state index contributed by atoms with van der Waals surface area (Å²) < 4.78 is 46.3. The van der Waals surface area contributed by atoms with E-state index in [0.717, 1.165) is 10.7 Å². The Morgan fingerprint density at radius 3 is 2.45 bits per heavy atom. The Morgan fingerprint density at radius 1 is 1.05 bits per heavy atom. The van der Waals surface area contributed by atoms with Crippen LogP contribution in [0.25, 0.3) is 16.9 Å². The van der Waals surface area contributed by atoms with Crippen LogP contribution in [0, 0.1) is 17.5 Å². The van der Waals surface area contributed by atoms with Crippen molar-refractivity contribution >= 4 is 0 Å². The zero-order valence-electron chi connectivity index (χ0n) is 11.4. The van der Waals surface area contributed by atoms with Gasteiger partial charge in [0.05, 0.1) is 13.3 Å². The summed E-state index contributed by atoms with van der Waals surface area (Å²) in [5, 5.41) is 7.65. The Bertz CT molecular complexity index is 815. The predicted molar refractivity (Wildman–Crippen MR) is 73.2 cm³/mol. The number of ether oxygens (including phenoxy) is 1. The number of aromatic nitrogens is 3. The van der Waals surface area contributed by atoms with E-state index >= 15 is 0 Å². The van der Waals surface area contributed by atoms with Crippen molar-refractivity contribution in [3.63, 3.8) is 0 Å². The van der Waals surface area contributed by atoms with Crippen molar-refractivity contribution in [2.24, 2.45) is 0 Å². The van der Waals surface area contributed by atoms with E-state index < -0.39 is 11.6 Å². The highest BCUT2D eigenvalue weighted by Crippen LogP contribution is 2.24. The van der Waals surface area contributed by atoms with Crippen LogP contribution in [0.3, 0.4) is 0 Å².